The van der Waals surface area contributed by atoms with E-state index in [0.29, 0.717) is 0 Å². The molecular formula is C14H19NO3. The van der Waals surface area contributed by atoms with Gasteiger partial charge in [0.1, 0.15) is 18.0 Å². The van der Waals surface area contributed by atoms with Crippen LogP contribution in [0.5, 0.6) is 5.75 Å². The summed E-state index contributed by atoms with van der Waals surface area (Å²) in [5.74, 6) is 0.742. The van der Waals surface area contributed by atoms with Crippen molar-refractivity contribution in [3.63, 3.8) is 0 Å². The Morgan fingerprint density at radius 2 is 2.22 bits per heavy atom. The Morgan fingerprint density at radius 3 is 2.94 bits per heavy atom. The van der Waals surface area contributed by atoms with Crippen LogP contribution >= 0.6 is 0 Å². The van der Waals surface area contributed by atoms with Crippen LogP contribution in [0.2, 0.25) is 0 Å². The number of benzene rings is 1. The van der Waals surface area contributed by atoms with Crippen LogP contribution in [0.3, 0.4) is 0 Å². The van der Waals surface area contributed by atoms with E-state index in [-0.39, 0.29) is 24.2 Å². The lowest BCUT2D eigenvalue weighted by Crippen LogP contribution is -2.42. The molecule has 0 aromatic heterocycles. The molecule has 4 heteroatoms. The maximum Gasteiger partial charge on any atom is 0.246 e. The van der Waals surface area contributed by atoms with Gasteiger partial charge in [-0.3, -0.25) is 4.79 Å². The van der Waals surface area contributed by atoms with Crippen LogP contribution in [0.15, 0.2) is 24.3 Å². The number of amides is 1. The highest BCUT2D eigenvalue weighted by atomic mass is 16.5. The SMILES string of the molecule is COCC(=O)N[C@@H]1CC(C)(C)Oc2ccccc21. The maximum atomic E-state index is 11.7. The van der Waals surface area contributed by atoms with E-state index in [4.69, 9.17) is 9.47 Å². The zero-order valence-corrected chi connectivity index (χ0v) is 11.0. The number of hydrogen-bond acceptors (Lipinski definition) is 3. The van der Waals surface area contributed by atoms with Crippen molar-refractivity contribution in [2.24, 2.45) is 0 Å². The highest BCUT2D eigenvalue weighted by Crippen LogP contribution is 2.39. The Morgan fingerprint density at radius 1 is 1.50 bits per heavy atom. The van der Waals surface area contributed by atoms with Crippen molar-refractivity contribution < 1.29 is 14.3 Å². The molecule has 4 nitrogen and oxygen atoms in total. The topological polar surface area (TPSA) is 47.6 Å². The number of hydrogen-bond donors (Lipinski definition) is 1. The van der Waals surface area contributed by atoms with Crippen molar-refractivity contribution >= 4 is 5.91 Å². The Bertz CT molecular complexity index is 442. The zero-order valence-electron chi connectivity index (χ0n) is 11.0. The Balaban J connectivity index is 2.22. The summed E-state index contributed by atoms with van der Waals surface area (Å²) < 4.78 is 10.8. The first-order chi connectivity index (χ1) is 8.52. The van der Waals surface area contributed by atoms with Gasteiger partial charge in [-0.05, 0) is 19.9 Å². The lowest BCUT2D eigenvalue weighted by atomic mass is 9.90. The summed E-state index contributed by atoms with van der Waals surface area (Å²) >= 11 is 0. The predicted molar refractivity (Wildman–Crippen MR) is 68.5 cm³/mol. The fraction of sp³-hybridized carbons (Fsp3) is 0.500. The summed E-state index contributed by atoms with van der Waals surface area (Å²) in [6.07, 6.45) is 0.749. The van der Waals surface area contributed by atoms with Gasteiger partial charge in [-0.25, -0.2) is 0 Å². The molecule has 1 atom stereocenters. The summed E-state index contributed by atoms with van der Waals surface area (Å²) in [4.78, 5) is 11.7. The van der Waals surface area contributed by atoms with Gasteiger partial charge in [-0.2, -0.15) is 0 Å². The van der Waals surface area contributed by atoms with Gasteiger partial charge in [0.15, 0.2) is 0 Å². The summed E-state index contributed by atoms with van der Waals surface area (Å²) in [5.41, 5.74) is 0.751. The van der Waals surface area contributed by atoms with Crippen molar-refractivity contribution in [1.29, 1.82) is 0 Å². The van der Waals surface area contributed by atoms with Crippen molar-refractivity contribution in [1.82, 2.24) is 5.32 Å². The van der Waals surface area contributed by atoms with Gasteiger partial charge < -0.3 is 14.8 Å². The molecule has 1 aromatic rings. The van der Waals surface area contributed by atoms with E-state index in [1.807, 2.05) is 38.1 Å². The fourth-order valence-corrected chi connectivity index (χ4v) is 2.30. The Kier molecular flexibility index (Phi) is 3.57. The monoisotopic (exact) mass is 249 g/mol. The van der Waals surface area contributed by atoms with Crippen LogP contribution in [0, 0.1) is 0 Å². The molecule has 0 bridgehead atoms. The molecule has 1 N–H and O–H groups in total. The molecule has 1 aromatic carbocycles. The number of carbonyl (C=O) groups excluding carboxylic acids is 1. The number of ether oxygens (including phenoxy) is 2. The van der Waals surface area contributed by atoms with E-state index in [2.05, 4.69) is 5.32 Å². The van der Waals surface area contributed by atoms with Crippen LogP contribution in [0.4, 0.5) is 0 Å². The molecule has 1 heterocycles. The second-order valence-electron chi connectivity index (χ2n) is 5.16. The molecule has 0 unspecified atom stereocenters. The van der Waals surface area contributed by atoms with Crippen molar-refractivity contribution in [3.8, 4) is 5.75 Å². The normalized spacial score (nSPS) is 20.7. The Hall–Kier alpha value is -1.55. The molecule has 0 saturated carbocycles. The molecule has 1 aliphatic heterocycles. The molecule has 1 amide bonds. The second kappa shape index (κ2) is 4.98. The van der Waals surface area contributed by atoms with Gasteiger partial charge in [0.2, 0.25) is 5.91 Å². The molecule has 2 rings (SSSR count). The zero-order chi connectivity index (χ0) is 13.2. The highest BCUT2D eigenvalue weighted by Gasteiger charge is 2.34. The van der Waals surface area contributed by atoms with Crippen LogP contribution in [0.25, 0.3) is 0 Å². The average molecular weight is 249 g/mol. The molecule has 0 saturated heterocycles. The molecular weight excluding hydrogens is 230 g/mol. The first-order valence-electron chi connectivity index (χ1n) is 6.08. The number of nitrogens with one attached hydrogen (secondary N) is 1. The predicted octanol–water partition coefficient (Wildman–Crippen LogP) is 2.05. The lowest BCUT2D eigenvalue weighted by Gasteiger charge is -2.37. The largest absolute Gasteiger partial charge is 0.487 e. The first-order valence-corrected chi connectivity index (χ1v) is 6.08. The minimum Gasteiger partial charge on any atom is -0.487 e. The van der Waals surface area contributed by atoms with E-state index in [9.17, 15) is 4.79 Å². The second-order valence-corrected chi connectivity index (χ2v) is 5.16. The van der Waals surface area contributed by atoms with E-state index in [0.717, 1.165) is 17.7 Å². The van der Waals surface area contributed by atoms with E-state index >= 15 is 0 Å². The summed E-state index contributed by atoms with van der Waals surface area (Å²) in [6.45, 7) is 4.14. The highest BCUT2D eigenvalue weighted by molar-refractivity contribution is 5.77. The van der Waals surface area contributed by atoms with Gasteiger partial charge in [-0.1, -0.05) is 18.2 Å². The molecule has 1 aliphatic rings. The minimum absolute atomic E-state index is 0.0207. The van der Waals surface area contributed by atoms with Crippen LogP contribution in [-0.4, -0.2) is 25.2 Å². The quantitative estimate of drug-likeness (QED) is 0.892. The van der Waals surface area contributed by atoms with E-state index < -0.39 is 0 Å². The average Bonchev–Trinajstić information content (AvgIpc) is 2.27. The van der Waals surface area contributed by atoms with E-state index in [1.54, 1.807) is 0 Å². The summed E-state index contributed by atoms with van der Waals surface area (Å²) in [6, 6.07) is 7.80. The first kappa shape index (κ1) is 12.9. The lowest BCUT2D eigenvalue weighted by molar-refractivity contribution is -0.126. The van der Waals surface area contributed by atoms with E-state index in [1.165, 1.54) is 7.11 Å². The third kappa shape index (κ3) is 2.82. The number of fused-ring (bicyclic) bond motifs is 1. The van der Waals surface area contributed by atoms with Crippen molar-refractivity contribution in [2.75, 3.05) is 13.7 Å². The van der Waals surface area contributed by atoms with Crippen molar-refractivity contribution in [2.45, 2.75) is 31.9 Å². The summed E-state index contributed by atoms with van der Waals surface area (Å²) in [5, 5.41) is 2.99. The molecule has 0 fully saturated rings. The fourth-order valence-electron chi connectivity index (χ4n) is 2.30. The van der Waals surface area contributed by atoms with Gasteiger partial charge >= 0.3 is 0 Å². The van der Waals surface area contributed by atoms with Gasteiger partial charge in [-0.15, -0.1) is 0 Å². The number of para-hydroxylation sites is 1. The standard InChI is InChI=1S/C14H19NO3/c1-14(2)8-11(15-13(16)9-17-3)10-6-4-5-7-12(10)18-14/h4-7,11H,8-9H2,1-3H3,(H,15,16)/t11-/m1/s1. The van der Waals surface area contributed by atoms with Gasteiger partial charge in [0, 0.05) is 19.1 Å². The number of carbonyl (C=O) groups is 1. The van der Waals surface area contributed by atoms with Crippen LogP contribution < -0.4 is 10.1 Å². The maximum absolute atomic E-state index is 11.7. The third-order valence-corrected chi connectivity index (χ3v) is 2.99. The van der Waals surface area contributed by atoms with Crippen LogP contribution in [0.1, 0.15) is 31.9 Å². The van der Waals surface area contributed by atoms with Gasteiger partial charge in [0.25, 0.3) is 0 Å². The smallest absolute Gasteiger partial charge is 0.246 e. The summed E-state index contributed by atoms with van der Waals surface area (Å²) in [7, 11) is 1.52. The molecule has 0 radical (unpaired) electrons. The van der Waals surface area contributed by atoms with Crippen molar-refractivity contribution in [3.05, 3.63) is 29.8 Å². The third-order valence-electron chi connectivity index (χ3n) is 2.99. The molecule has 0 spiro atoms. The Labute approximate surface area is 107 Å². The molecule has 98 valence electrons. The van der Waals surface area contributed by atoms with Crippen LogP contribution in [-0.2, 0) is 9.53 Å². The molecule has 18 heavy (non-hydrogen) atoms. The van der Waals surface area contributed by atoms with Gasteiger partial charge in [0.05, 0.1) is 6.04 Å². The minimum atomic E-state index is -0.278. The molecule has 0 aliphatic carbocycles. The number of methoxy groups -OCH3 is 1. The number of rotatable bonds is 3.